The molecule has 0 aliphatic rings. The summed E-state index contributed by atoms with van der Waals surface area (Å²) in [4.78, 5) is 10.4. The van der Waals surface area contributed by atoms with E-state index < -0.39 is 0 Å². The summed E-state index contributed by atoms with van der Waals surface area (Å²) >= 11 is 0. The van der Waals surface area contributed by atoms with Crippen molar-refractivity contribution in [2.45, 2.75) is 13.8 Å². The second kappa shape index (κ2) is 5.39. The Labute approximate surface area is 110 Å². The molecule has 0 aliphatic heterocycles. The van der Waals surface area contributed by atoms with Crippen molar-refractivity contribution in [3.05, 3.63) is 63.7 Å². The van der Waals surface area contributed by atoms with E-state index in [2.05, 4.69) is 10.2 Å². The fraction of sp³-hybridized carbons (Fsp3) is 0.143. The van der Waals surface area contributed by atoms with Crippen LogP contribution in [0.15, 0.2) is 52.7 Å². The van der Waals surface area contributed by atoms with Crippen LogP contribution in [0.2, 0.25) is 0 Å². The maximum Gasteiger partial charge on any atom is 0.272 e. The number of benzene rings is 2. The van der Waals surface area contributed by atoms with Crippen molar-refractivity contribution >= 4 is 17.1 Å². The van der Waals surface area contributed by atoms with Gasteiger partial charge in [0, 0.05) is 11.6 Å². The normalized spacial score (nSPS) is 10.8. The molecule has 0 heterocycles. The molecule has 0 amide bonds. The van der Waals surface area contributed by atoms with E-state index in [1.807, 2.05) is 37.3 Å². The highest BCUT2D eigenvalue weighted by Gasteiger charge is 2.14. The Kier molecular flexibility index (Phi) is 3.66. The van der Waals surface area contributed by atoms with E-state index in [0.717, 1.165) is 11.3 Å². The Morgan fingerprint density at radius 2 is 1.63 bits per heavy atom. The maximum atomic E-state index is 10.8. The molecule has 0 spiro atoms. The number of hydrogen-bond acceptors (Lipinski definition) is 4. The van der Waals surface area contributed by atoms with Gasteiger partial charge in [-0.1, -0.05) is 18.2 Å². The summed E-state index contributed by atoms with van der Waals surface area (Å²) in [7, 11) is 0. The van der Waals surface area contributed by atoms with Gasteiger partial charge in [-0.15, -0.1) is 0 Å². The number of nitrogens with zero attached hydrogens (tertiary/aromatic N) is 3. The molecule has 5 heteroatoms. The molecule has 2 aromatic carbocycles. The quantitative estimate of drug-likeness (QED) is 0.456. The first kappa shape index (κ1) is 12.9. The molecule has 2 rings (SSSR count). The zero-order valence-electron chi connectivity index (χ0n) is 10.7. The third-order valence-electron chi connectivity index (χ3n) is 2.96. The summed E-state index contributed by atoms with van der Waals surface area (Å²) in [6.07, 6.45) is 0. The first-order valence-corrected chi connectivity index (χ1v) is 5.81. The van der Waals surface area contributed by atoms with Crippen LogP contribution in [0.5, 0.6) is 0 Å². The molecule has 96 valence electrons. The highest BCUT2D eigenvalue weighted by Crippen LogP contribution is 2.30. The lowest BCUT2D eigenvalue weighted by molar-refractivity contribution is -0.385. The van der Waals surface area contributed by atoms with Crippen molar-refractivity contribution in [1.29, 1.82) is 0 Å². The SMILES string of the molecule is Cc1c(N=Nc2ccccc2)ccc([N+](=O)[O-])c1C. The second-order valence-electron chi connectivity index (χ2n) is 4.15. The number of nitro groups is 1. The monoisotopic (exact) mass is 255 g/mol. The second-order valence-corrected chi connectivity index (χ2v) is 4.15. The van der Waals surface area contributed by atoms with Crippen LogP contribution in [0.1, 0.15) is 11.1 Å². The van der Waals surface area contributed by atoms with Crippen molar-refractivity contribution in [2.24, 2.45) is 10.2 Å². The smallest absolute Gasteiger partial charge is 0.258 e. The number of hydrogen-bond donors (Lipinski definition) is 0. The average molecular weight is 255 g/mol. The number of azo groups is 1. The van der Waals surface area contributed by atoms with Crippen LogP contribution in [0.25, 0.3) is 0 Å². The van der Waals surface area contributed by atoms with Gasteiger partial charge in [-0.05, 0) is 37.6 Å². The maximum absolute atomic E-state index is 10.8. The van der Waals surface area contributed by atoms with Gasteiger partial charge in [-0.2, -0.15) is 10.2 Å². The Bertz CT molecular complexity index is 637. The van der Waals surface area contributed by atoms with E-state index in [4.69, 9.17) is 0 Å². The summed E-state index contributed by atoms with van der Waals surface area (Å²) in [5.41, 5.74) is 2.89. The Balaban J connectivity index is 2.35. The molecule has 0 unspecified atom stereocenters. The summed E-state index contributed by atoms with van der Waals surface area (Å²) in [6, 6.07) is 12.4. The lowest BCUT2D eigenvalue weighted by atomic mass is 10.1. The van der Waals surface area contributed by atoms with Crippen LogP contribution >= 0.6 is 0 Å². The predicted molar refractivity (Wildman–Crippen MR) is 73.2 cm³/mol. The molecule has 0 atom stereocenters. The van der Waals surface area contributed by atoms with Crippen LogP contribution < -0.4 is 0 Å². The topological polar surface area (TPSA) is 67.9 Å². The highest BCUT2D eigenvalue weighted by molar-refractivity contribution is 5.57. The van der Waals surface area contributed by atoms with Crippen molar-refractivity contribution in [1.82, 2.24) is 0 Å². The molecule has 2 aromatic rings. The number of rotatable bonds is 3. The lowest BCUT2D eigenvalue weighted by Gasteiger charge is -2.04. The molecule has 0 aromatic heterocycles. The van der Waals surface area contributed by atoms with Gasteiger partial charge in [0.1, 0.15) is 0 Å². The standard InChI is InChI=1S/C14H13N3O2/c1-10-11(2)14(17(18)19)9-8-13(10)16-15-12-6-4-3-5-7-12/h3-9H,1-2H3. The molecule has 19 heavy (non-hydrogen) atoms. The Morgan fingerprint density at radius 3 is 2.26 bits per heavy atom. The van der Waals surface area contributed by atoms with Gasteiger partial charge in [0.05, 0.1) is 16.3 Å². The first-order valence-electron chi connectivity index (χ1n) is 5.81. The van der Waals surface area contributed by atoms with Crippen molar-refractivity contribution in [2.75, 3.05) is 0 Å². The molecule has 0 radical (unpaired) electrons. The summed E-state index contributed by atoms with van der Waals surface area (Å²) in [5.74, 6) is 0. The van der Waals surface area contributed by atoms with E-state index in [0.29, 0.717) is 11.3 Å². The molecular formula is C14H13N3O2. The Hall–Kier alpha value is -2.56. The van der Waals surface area contributed by atoms with E-state index in [1.54, 1.807) is 13.0 Å². The average Bonchev–Trinajstić information content (AvgIpc) is 2.41. The van der Waals surface area contributed by atoms with Gasteiger partial charge in [-0.3, -0.25) is 10.1 Å². The van der Waals surface area contributed by atoms with E-state index >= 15 is 0 Å². The third-order valence-corrected chi connectivity index (χ3v) is 2.96. The zero-order valence-corrected chi connectivity index (χ0v) is 10.7. The van der Waals surface area contributed by atoms with Crippen LogP contribution in [0.4, 0.5) is 17.1 Å². The summed E-state index contributed by atoms with van der Waals surface area (Å²) < 4.78 is 0. The van der Waals surface area contributed by atoms with Crippen molar-refractivity contribution in [3.63, 3.8) is 0 Å². The predicted octanol–water partition coefficient (Wildman–Crippen LogP) is 4.63. The van der Waals surface area contributed by atoms with E-state index in [-0.39, 0.29) is 10.6 Å². The van der Waals surface area contributed by atoms with Crippen molar-refractivity contribution in [3.8, 4) is 0 Å². The van der Waals surface area contributed by atoms with E-state index in [9.17, 15) is 10.1 Å². The molecule has 0 aliphatic carbocycles. The minimum absolute atomic E-state index is 0.108. The molecule has 0 fully saturated rings. The summed E-state index contributed by atoms with van der Waals surface area (Å²) in [5, 5.41) is 19.1. The van der Waals surface area contributed by atoms with Crippen LogP contribution in [0.3, 0.4) is 0 Å². The van der Waals surface area contributed by atoms with Crippen LogP contribution in [-0.2, 0) is 0 Å². The van der Waals surface area contributed by atoms with Crippen molar-refractivity contribution < 1.29 is 4.92 Å². The minimum atomic E-state index is -0.388. The fourth-order valence-electron chi connectivity index (χ4n) is 1.70. The Morgan fingerprint density at radius 1 is 0.947 bits per heavy atom. The van der Waals surface area contributed by atoms with E-state index in [1.165, 1.54) is 6.07 Å². The molecular weight excluding hydrogens is 242 g/mol. The first-order chi connectivity index (χ1) is 9.09. The van der Waals surface area contributed by atoms with Gasteiger partial charge in [0.2, 0.25) is 0 Å². The largest absolute Gasteiger partial charge is 0.272 e. The lowest BCUT2D eigenvalue weighted by Crippen LogP contribution is -1.93. The van der Waals surface area contributed by atoms with Gasteiger partial charge in [0.15, 0.2) is 0 Å². The van der Waals surface area contributed by atoms with Gasteiger partial charge in [0.25, 0.3) is 5.69 Å². The number of nitro benzene ring substituents is 1. The van der Waals surface area contributed by atoms with Crippen LogP contribution in [0, 0.1) is 24.0 Å². The molecule has 0 saturated heterocycles. The summed E-state index contributed by atoms with van der Waals surface area (Å²) in [6.45, 7) is 3.52. The molecule has 0 bridgehead atoms. The zero-order chi connectivity index (χ0) is 13.8. The molecule has 5 nitrogen and oxygen atoms in total. The molecule has 0 N–H and O–H groups in total. The molecule has 0 saturated carbocycles. The minimum Gasteiger partial charge on any atom is -0.258 e. The van der Waals surface area contributed by atoms with Gasteiger partial charge < -0.3 is 0 Å². The fourth-order valence-corrected chi connectivity index (χ4v) is 1.70. The third kappa shape index (κ3) is 2.82. The van der Waals surface area contributed by atoms with Gasteiger partial charge in [-0.25, -0.2) is 0 Å². The highest BCUT2D eigenvalue weighted by atomic mass is 16.6. The van der Waals surface area contributed by atoms with Gasteiger partial charge >= 0.3 is 0 Å². The van der Waals surface area contributed by atoms with Crippen LogP contribution in [-0.4, -0.2) is 4.92 Å².